The van der Waals surface area contributed by atoms with Gasteiger partial charge in [-0.15, -0.1) is 11.3 Å². The van der Waals surface area contributed by atoms with Crippen LogP contribution < -0.4 is 10.2 Å². The fourth-order valence-electron chi connectivity index (χ4n) is 2.16. The molecule has 3 rings (SSSR count). The van der Waals surface area contributed by atoms with E-state index < -0.39 is 0 Å². The third-order valence-electron chi connectivity index (χ3n) is 3.51. The van der Waals surface area contributed by atoms with Crippen LogP contribution in [0.5, 0.6) is 0 Å². The second-order valence-electron chi connectivity index (χ2n) is 5.44. The Morgan fingerprint density at radius 2 is 1.75 bits per heavy atom. The first-order chi connectivity index (χ1) is 11.5. The van der Waals surface area contributed by atoms with Crippen molar-refractivity contribution in [2.75, 3.05) is 24.3 Å². The summed E-state index contributed by atoms with van der Waals surface area (Å²) in [5, 5.41) is 5.38. The largest absolute Gasteiger partial charge is 0.378 e. The van der Waals surface area contributed by atoms with Crippen molar-refractivity contribution in [2.45, 2.75) is 0 Å². The van der Waals surface area contributed by atoms with E-state index >= 15 is 0 Å². The number of nitrogens with one attached hydrogen (secondary N) is 1. The zero-order chi connectivity index (χ0) is 17.1. The van der Waals surface area contributed by atoms with Crippen LogP contribution in [-0.4, -0.2) is 25.0 Å². The molecule has 122 valence electrons. The lowest BCUT2D eigenvalue weighted by Crippen LogP contribution is -2.11. The van der Waals surface area contributed by atoms with Crippen LogP contribution in [0.1, 0.15) is 10.4 Å². The molecule has 0 saturated carbocycles. The normalized spacial score (nSPS) is 10.5. The average Bonchev–Trinajstić information content (AvgIpc) is 3.04. The number of thiazole rings is 1. The third kappa shape index (κ3) is 3.83. The fourth-order valence-corrected chi connectivity index (χ4v) is 3.14. The summed E-state index contributed by atoms with van der Waals surface area (Å²) in [5.41, 5.74) is 3.63. The lowest BCUT2D eigenvalue weighted by molar-refractivity contribution is 0.102. The number of hydrogen-bond acceptors (Lipinski definition) is 4. The molecule has 0 unspecified atom stereocenters. The van der Waals surface area contributed by atoms with Gasteiger partial charge in [0.1, 0.15) is 0 Å². The molecule has 24 heavy (non-hydrogen) atoms. The topological polar surface area (TPSA) is 45.2 Å². The highest BCUT2D eigenvalue weighted by Crippen LogP contribution is 2.26. The Balaban J connectivity index is 1.73. The molecule has 1 heterocycles. The van der Waals surface area contributed by atoms with E-state index in [9.17, 15) is 4.79 Å². The van der Waals surface area contributed by atoms with Crippen LogP contribution in [0.4, 0.5) is 10.8 Å². The molecule has 0 bridgehead atoms. The van der Waals surface area contributed by atoms with Crippen LogP contribution in [0, 0.1) is 0 Å². The van der Waals surface area contributed by atoms with Gasteiger partial charge in [-0.05, 0) is 36.4 Å². The number of carbonyl (C=O) groups excluding carboxylic acids is 1. The highest BCUT2D eigenvalue weighted by Gasteiger charge is 2.10. The lowest BCUT2D eigenvalue weighted by Gasteiger charge is -2.12. The maximum absolute atomic E-state index is 12.2. The molecule has 6 heteroatoms. The molecule has 0 aliphatic heterocycles. The van der Waals surface area contributed by atoms with E-state index in [1.807, 2.05) is 43.7 Å². The minimum absolute atomic E-state index is 0.161. The molecule has 0 atom stereocenters. The van der Waals surface area contributed by atoms with E-state index in [2.05, 4.69) is 43.3 Å². The van der Waals surface area contributed by atoms with E-state index in [0.29, 0.717) is 10.7 Å². The minimum Gasteiger partial charge on any atom is -0.378 e. The van der Waals surface area contributed by atoms with Gasteiger partial charge >= 0.3 is 0 Å². The molecule has 0 radical (unpaired) electrons. The Kier molecular flexibility index (Phi) is 4.97. The number of anilines is 2. The van der Waals surface area contributed by atoms with E-state index in [1.54, 1.807) is 12.1 Å². The van der Waals surface area contributed by atoms with Crippen LogP contribution in [-0.2, 0) is 0 Å². The number of rotatable bonds is 4. The van der Waals surface area contributed by atoms with E-state index in [4.69, 9.17) is 0 Å². The summed E-state index contributed by atoms with van der Waals surface area (Å²) in [6, 6.07) is 15.4. The predicted octanol–water partition coefficient (Wildman–Crippen LogP) is 4.89. The van der Waals surface area contributed by atoms with Gasteiger partial charge in [0, 0.05) is 40.8 Å². The molecular formula is C18H16BrN3OS. The monoisotopic (exact) mass is 401 g/mol. The van der Waals surface area contributed by atoms with Gasteiger partial charge < -0.3 is 4.90 Å². The molecular weight excluding hydrogens is 386 g/mol. The summed E-state index contributed by atoms with van der Waals surface area (Å²) in [7, 11) is 4.02. The second-order valence-corrected chi connectivity index (χ2v) is 7.21. The predicted molar refractivity (Wildman–Crippen MR) is 104 cm³/mol. The number of benzene rings is 2. The molecule has 1 amide bonds. The second kappa shape index (κ2) is 7.15. The van der Waals surface area contributed by atoms with Crippen LogP contribution in [0.3, 0.4) is 0 Å². The molecule has 0 saturated heterocycles. The van der Waals surface area contributed by atoms with Gasteiger partial charge in [0.05, 0.1) is 5.69 Å². The quantitative estimate of drug-likeness (QED) is 0.676. The first kappa shape index (κ1) is 16.7. The van der Waals surface area contributed by atoms with Crippen LogP contribution in [0.15, 0.2) is 58.4 Å². The van der Waals surface area contributed by atoms with Crippen molar-refractivity contribution in [3.8, 4) is 11.3 Å². The van der Waals surface area contributed by atoms with Crippen molar-refractivity contribution in [1.82, 2.24) is 4.98 Å². The maximum Gasteiger partial charge on any atom is 0.257 e. The van der Waals surface area contributed by atoms with Crippen LogP contribution in [0.2, 0.25) is 0 Å². The fraction of sp³-hybridized carbons (Fsp3) is 0.111. The Bertz CT molecular complexity index is 841. The Morgan fingerprint density at radius 3 is 2.38 bits per heavy atom. The van der Waals surface area contributed by atoms with Gasteiger partial charge in [-0.1, -0.05) is 28.1 Å². The van der Waals surface area contributed by atoms with Crippen LogP contribution >= 0.6 is 27.3 Å². The Labute approximate surface area is 153 Å². The Hall–Kier alpha value is -2.18. The maximum atomic E-state index is 12.2. The molecule has 0 aliphatic carbocycles. The van der Waals surface area contributed by atoms with Crippen molar-refractivity contribution in [2.24, 2.45) is 0 Å². The Morgan fingerprint density at radius 1 is 1.08 bits per heavy atom. The molecule has 0 spiro atoms. The zero-order valence-electron chi connectivity index (χ0n) is 13.3. The highest BCUT2D eigenvalue weighted by atomic mass is 79.9. The number of halogens is 1. The number of nitrogens with zero attached hydrogens (tertiary/aromatic N) is 2. The van der Waals surface area contributed by atoms with Crippen molar-refractivity contribution in [1.29, 1.82) is 0 Å². The van der Waals surface area contributed by atoms with Gasteiger partial charge in [-0.25, -0.2) is 4.98 Å². The summed E-state index contributed by atoms with van der Waals surface area (Å²) in [5.74, 6) is -0.161. The SMILES string of the molecule is CN(C)c1ccc(-c2csc(NC(=O)c3ccc(Br)cc3)n2)cc1. The number of amides is 1. The van der Waals surface area contributed by atoms with Crippen LogP contribution in [0.25, 0.3) is 11.3 Å². The van der Waals surface area contributed by atoms with Gasteiger partial charge in [0.15, 0.2) is 5.13 Å². The summed E-state index contributed by atoms with van der Waals surface area (Å²) < 4.78 is 0.941. The number of hydrogen-bond donors (Lipinski definition) is 1. The number of aromatic nitrogens is 1. The molecule has 1 aromatic heterocycles. The van der Waals surface area contributed by atoms with Gasteiger partial charge in [-0.2, -0.15) is 0 Å². The average molecular weight is 402 g/mol. The van der Waals surface area contributed by atoms with E-state index in [0.717, 1.165) is 21.4 Å². The third-order valence-corrected chi connectivity index (χ3v) is 4.80. The van der Waals surface area contributed by atoms with Crippen molar-refractivity contribution < 1.29 is 4.79 Å². The van der Waals surface area contributed by atoms with Gasteiger partial charge in [0.2, 0.25) is 0 Å². The lowest BCUT2D eigenvalue weighted by atomic mass is 10.1. The summed E-state index contributed by atoms with van der Waals surface area (Å²) in [6.45, 7) is 0. The van der Waals surface area contributed by atoms with Gasteiger partial charge in [-0.3, -0.25) is 10.1 Å². The molecule has 4 nitrogen and oxygen atoms in total. The molecule has 3 aromatic rings. The highest BCUT2D eigenvalue weighted by molar-refractivity contribution is 9.10. The van der Waals surface area contributed by atoms with Crippen molar-refractivity contribution in [3.63, 3.8) is 0 Å². The molecule has 2 aromatic carbocycles. The van der Waals surface area contributed by atoms with Crippen molar-refractivity contribution >= 4 is 44.0 Å². The molecule has 1 N–H and O–H groups in total. The van der Waals surface area contributed by atoms with E-state index in [1.165, 1.54) is 11.3 Å². The summed E-state index contributed by atoms with van der Waals surface area (Å²) >= 11 is 4.78. The molecule has 0 aliphatic rings. The first-order valence-electron chi connectivity index (χ1n) is 7.33. The summed E-state index contributed by atoms with van der Waals surface area (Å²) in [6.07, 6.45) is 0. The summed E-state index contributed by atoms with van der Waals surface area (Å²) in [4.78, 5) is 18.8. The zero-order valence-corrected chi connectivity index (χ0v) is 15.7. The standard InChI is InChI=1S/C18H16BrN3OS/c1-22(2)15-9-5-12(6-10-15)16-11-24-18(20-16)21-17(23)13-3-7-14(19)8-4-13/h3-11H,1-2H3,(H,20,21,23). The molecule has 0 fully saturated rings. The smallest absolute Gasteiger partial charge is 0.257 e. The number of carbonyl (C=O) groups is 1. The van der Waals surface area contributed by atoms with Gasteiger partial charge in [0.25, 0.3) is 5.91 Å². The van der Waals surface area contributed by atoms with E-state index in [-0.39, 0.29) is 5.91 Å². The first-order valence-corrected chi connectivity index (χ1v) is 9.00. The minimum atomic E-state index is -0.161. The van der Waals surface area contributed by atoms with Crippen molar-refractivity contribution in [3.05, 3.63) is 63.9 Å².